The molecule has 0 aliphatic heterocycles. The summed E-state index contributed by atoms with van der Waals surface area (Å²) in [7, 11) is 0. The molecule has 0 spiro atoms. The van der Waals surface area contributed by atoms with Crippen molar-refractivity contribution in [1.29, 1.82) is 0 Å². The van der Waals surface area contributed by atoms with Crippen molar-refractivity contribution in [2.75, 3.05) is 5.32 Å². The number of H-pyrrole nitrogens is 1. The fourth-order valence-corrected chi connectivity index (χ4v) is 3.97. The highest BCUT2D eigenvalue weighted by Gasteiger charge is 2.26. The first kappa shape index (κ1) is 18.1. The number of nitrogens with one attached hydrogen (secondary N) is 2. The van der Waals surface area contributed by atoms with Crippen LogP contribution in [0, 0.1) is 0 Å². The topological polar surface area (TPSA) is 92.8 Å². The van der Waals surface area contributed by atoms with Gasteiger partial charge < -0.3 is 4.74 Å². The number of allylic oxidation sites excluding steroid dienone is 6. The summed E-state index contributed by atoms with van der Waals surface area (Å²) >= 11 is 0. The van der Waals surface area contributed by atoms with E-state index in [1.54, 1.807) is 12.1 Å². The largest absolute Gasteiger partial charge is 0.416 e. The van der Waals surface area contributed by atoms with Gasteiger partial charge in [-0.25, -0.2) is 4.79 Å². The maximum atomic E-state index is 12.4. The Morgan fingerprint density at radius 1 is 1.10 bits per heavy atom. The lowest BCUT2D eigenvalue weighted by atomic mass is 9.92. The van der Waals surface area contributed by atoms with Crippen molar-refractivity contribution >= 4 is 17.4 Å². The van der Waals surface area contributed by atoms with Gasteiger partial charge in [0.25, 0.3) is 0 Å². The molecular weight excluding hydrogens is 378 g/mol. The van der Waals surface area contributed by atoms with Crippen LogP contribution in [0.4, 0.5) is 10.5 Å². The molecule has 0 bridgehead atoms. The fourth-order valence-electron chi connectivity index (χ4n) is 3.97. The van der Waals surface area contributed by atoms with E-state index in [-0.39, 0.29) is 0 Å². The molecule has 2 aromatic carbocycles. The normalized spacial score (nSPS) is 16.2. The van der Waals surface area contributed by atoms with E-state index >= 15 is 0 Å². The van der Waals surface area contributed by atoms with Crippen molar-refractivity contribution in [2.45, 2.75) is 19.8 Å². The van der Waals surface area contributed by atoms with E-state index in [1.165, 1.54) is 22.3 Å². The number of carbonyl (C=O) groups excluding carboxylic acids is 1. The number of aromatic nitrogens is 4. The molecule has 1 heterocycles. The van der Waals surface area contributed by atoms with Gasteiger partial charge in [-0.1, -0.05) is 36.4 Å². The lowest BCUT2D eigenvalue weighted by Gasteiger charge is -2.16. The highest BCUT2D eigenvalue weighted by molar-refractivity contribution is 5.87. The average Bonchev–Trinajstić information content (AvgIpc) is 3.42. The summed E-state index contributed by atoms with van der Waals surface area (Å²) in [6.45, 7) is 1.83. The molecule has 0 fully saturated rings. The van der Waals surface area contributed by atoms with Crippen LogP contribution >= 0.6 is 0 Å². The van der Waals surface area contributed by atoms with Crippen molar-refractivity contribution in [3.05, 3.63) is 88.7 Å². The molecule has 2 aliphatic carbocycles. The number of rotatable bonds is 3. The molecule has 1 aromatic heterocycles. The Bertz CT molecular complexity index is 1200. The van der Waals surface area contributed by atoms with Gasteiger partial charge in [-0.3, -0.25) is 5.32 Å². The molecule has 0 unspecified atom stereocenters. The monoisotopic (exact) mass is 397 g/mol. The van der Waals surface area contributed by atoms with Crippen LogP contribution in [0.1, 0.15) is 24.5 Å². The molecule has 1 amide bonds. The zero-order chi connectivity index (χ0) is 20.5. The minimum Gasteiger partial charge on any atom is -0.414 e. The molecule has 2 N–H and O–H groups in total. The van der Waals surface area contributed by atoms with E-state index in [0.717, 1.165) is 24.0 Å². The van der Waals surface area contributed by atoms with Crippen LogP contribution in [0.15, 0.2) is 77.6 Å². The predicted molar refractivity (Wildman–Crippen MR) is 113 cm³/mol. The summed E-state index contributed by atoms with van der Waals surface area (Å²) in [6, 6.07) is 15.6. The number of nitrogens with zero attached hydrogens (tertiary/aromatic N) is 3. The Hall–Kier alpha value is -4.00. The second-order valence-electron chi connectivity index (χ2n) is 7.19. The number of aromatic amines is 1. The number of benzene rings is 2. The molecular formula is C23H19N5O2. The van der Waals surface area contributed by atoms with Crippen LogP contribution in [0.2, 0.25) is 0 Å². The standard InChI is InChI=1S/C23H19N5O2/c1-14(18-7-4-8-20-19-6-3-2-5-16(19)13-21(18)20)30-23(29)24-17-11-9-15(10-12-17)22-25-27-28-26-22/h2-7,9-12H,8,13H2,1H3,(H,24,29)(H,25,26,27,28)/b18-14+. The first-order chi connectivity index (χ1) is 14.7. The lowest BCUT2D eigenvalue weighted by molar-refractivity contribution is 0.191. The number of amides is 1. The Balaban J connectivity index is 1.31. The van der Waals surface area contributed by atoms with Crippen LogP contribution in [0.25, 0.3) is 17.0 Å². The van der Waals surface area contributed by atoms with E-state index in [2.05, 4.69) is 56.3 Å². The van der Waals surface area contributed by atoms with Gasteiger partial charge in [-0.2, -0.15) is 5.21 Å². The predicted octanol–water partition coefficient (Wildman–Crippen LogP) is 4.66. The zero-order valence-corrected chi connectivity index (χ0v) is 16.3. The highest BCUT2D eigenvalue weighted by Crippen LogP contribution is 2.42. The van der Waals surface area contributed by atoms with Gasteiger partial charge in [-0.05, 0) is 71.5 Å². The summed E-state index contributed by atoms with van der Waals surface area (Å²) in [5.74, 6) is 1.09. The van der Waals surface area contributed by atoms with E-state index in [0.29, 0.717) is 17.3 Å². The van der Waals surface area contributed by atoms with E-state index in [4.69, 9.17) is 4.74 Å². The van der Waals surface area contributed by atoms with Gasteiger partial charge in [0.2, 0.25) is 5.82 Å². The second kappa shape index (κ2) is 7.44. The molecule has 7 heteroatoms. The Labute approximate surface area is 173 Å². The third-order valence-electron chi connectivity index (χ3n) is 5.37. The molecule has 0 saturated carbocycles. The molecule has 0 saturated heterocycles. The van der Waals surface area contributed by atoms with Crippen molar-refractivity contribution < 1.29 is 9.53 Å². The van der Waals surface area contributed by atoms with Crippen LogP contribution in [-0.2, 0) is 11.2 Å². The van der Waals surface area contributed by atoms with Crippen molar-refractivity contribution in [2.24, 2.45) is 0 Å². The first-order valence-corrected chi connectivity index (χ1v) is 9.70. The third-order valence-corrected chi connectivity index (χ3v) is 5.37. The van der Waals surface area contributed by atoms with Gasteiger partial charge in [0, 0.05) is 16.8 Å². The maximum Gasteiger partial charge on any atom is 0.416 e. The number of anilines is 1. The third kappa shape index (κ3) is 3.30. The van der Waals surface area contributed by atoms with Crippen molar-refractivity contribution in [1.82, 2.24) is 20.6 Å². The molecule has 148 valence electrons. The molecule has 7 nitrogen and oxygen atoms in total. The Kier molecular flexibility index (Phi) is 4.48. The molecule has 0 atom stereocenters. The van der Waals surface area contributed by atoms with Crippen molar-refractivity contribution in [3.8, 4) is 11.4 Å². The van der Waals surface area contributed by atoms with Crippen molar-refractivity contribution in [3.63, 3.8) is 0 Å². The van der Waals surface area contributed by atoms with Gasteiger partial charge in [0.1, 0.15) is 5.76 Å². The van der Waals surface area contributed by atoms with Gasteiger partial charge in [0.05, 0.1) is 0 Å². The van der Waals surface area contributed by atoms with E-state index < -0.39 is 6.09 Å². The van der Waals surface area contributed by atoms with E-state index in [1.807, 2.05) is 25.1 Å². The SMILES string of the molecule is C/C(OC(=O)Nc1ccc(-c2nn[nH]n2)cc1)=C1/C=CCC2=C1Cc1ccccc12. The molecule has 3 aromatic rings. The molecule has 0 radical (unpaired) electrons. The van der Waals surface area contributed by atoms with Crippen LogP contribution in [0.3, 0.4) is 0 Å². The summed E-state index contributed by atoms with van der Waals surface area (Å²) in [6.07, 6.45) is 5.42. The maximum absolute atomic E-state index is 12.4. The first-order valence-electron chi connectivity index (χ1n) is 9.70. The minimum absolute atomic E-state index is 0.496. The van der Waals surface area contributed by atoms with Crippen LogP contribution < -0.4 is 5.32 Å². The number of ether oxygens (including phenoxy) is 1. The summed E-state index contributed by atoms with van der Waals surface area (Å²) < 4.78 is 5.61. The number of carbonyl (C=O) groups is 1. The molecule has 5 rings (SSSR count). The lowest BCUT2D eigenvalue weighted by Crippen LogP contribution is -2.14. The van der Waals surface area contributed by atoms with Gasteiger partial charge in [-0.15, -0.1) is 10.2 Å². The minimum atomic E-state index is -0.524. The molecule has 30 heavy (non-hydrogen) atoms. The molecule has 2 aliphatic rings. The van der Waals surface area contributed by atoms with Crippen LogP contribution in [0.5, 0.6) is 0 Å². The Morgan fingerprint density at radius 3 is 2.73 bits per heavy atom. The smallest absolute Gasteiger partial charge is 0.414 e. The van der Waals surface area contributed by atoms with Gasteiger partial charge in [0.15, 0.2) is 0 Å². The number of hydrogen-bond acceptors (Lipinski definition) is 5. The van der Waals surface area contributed by atoms with E-state index in [9.17, 15) is 4.79 Å². The average molecular weight is 397 g/mol. The summed E-state index contributed by atoms with van der Waals surface area (Å²) in [5.41, 5.74) is 7.59. The number of fused-ring (bicyclic) bond motifs is 2. The summed E-state index contributed by atoms with van der Waals surface area (Å²) in [4.78, 5) is 12.4. The fraction of sp³-hybridized carbons (Fsp3) is 0.130. The second-order valence-corrected chi connectivity index (χ2v) is 7.19. The Morgan fingerprint density at radius 2 is 1.93 bits per heavy atom. The zero-order valence-electron chi connectivity index (χ0n) is 16.3. The highest BCUT2D eigenvalue weighted by atomic mass is 16.6. The van der Waals surface area contributed by atoms with Gasteiger partial charge >= 0.3 is 6.09 Å². The summed E-state index contributed by atoms with van der Waals surface area (Å²) in [5, 5.41) is 16.6. The number of tetrazole rings is 1. The van der Waals surface area contributed by atoms with Crippen LogP contribution in [-0.4, -0.2) is 26.7 Å². The number of hydrogen-bond donors (Lipinski definition) is 2. The quantitative estimate of drug-likeness (QED) is 0.627.